The van der Waals surface area contributed by atoms with Gasteiger partial charge in [-0.15, -0.1) is 0 Å². The average Bonchev–Trinajstić information content (AvgIpc) is 2.14. The van der Waals surface area contributed by atoms with Crippen molar-refractivity contribution in [3.8, 4) is 0 Å². The molecule has 0 fully saturated rings. The highest BCUT2D eigenvalue weighted by atomic mass is 14.6. The van der Waals surface area contributed by atoms with E-state index >= 15 is 0 Å². The Morgan fingerprint density at radius 3 is 2.36 bits per heavy atom. The molecule has 6 N–H and O–H groups in total. The zero-order valence-electron chi connectivity index (χ0n) is 8.04. The van der Waals surface area contributed by atoms with Crippen LogP contribution in [0.15, 0.2) is 24.3 Å². The molecule has 0 aromatic heterocycles. The van der Waals surface area contributed by atoms with E-state index in [-0.39, 0.29) is 0 Å². The standard InChI is InChI=1S/C11H13N3/c1-6-9(13)5-10(14)7-3-2-4-8(12)11(6)7/h2-5H,12-14H2,1H3. The van der Waals surface area contributed by atoms with Crippen LogP contribution in [0.25, 0.3) is 10.8 Å². The number of nitrogen functional groups attached to an aromatic ring is 3. The molecule has 2 aromatic carbocycles. The van der Waals surface area contributed by atoms with Crippen LogP contribution in [0.2, 0.25) is 0 Å². The molecule has 3 nitrogen and oxygen atoms in total. The van der Waals surface area contributed by atoms with E-state index in [0.717, 1.165) is 22.0 Å². The van der Waals surface area contributed by atoms with Crippen molar-refractivity contribution in [1.29, 1.82) is 0 Å². The monoisotopic (exact) mass is 187 g/mol. The Kier molecular flexibility index (Phi) is 1.74. The molecular formula is C11H13N3. The first-order valence-electron chi connectivity index (χ1n) is 4.44. The van der Waals surface area contributed by atoms with E-state index in [0.29, 0.717) is 11.4 Å². The fraction of sp³-hybridized carbons (Fsp3) is 0.0909. The second-order valence-corrected chi connectivity index (χ2v) is 3.45. The second-order valence-electron chi connectivity index (χ2n) is 3.45. The molecule has 0 radical (unpaired) electrons. The maximum Gasteiger partial charge on any atom is 0.0415 e. The fourth-order valence-electron chi connectivity index (χ4n) is 1.73. The van der Waals surface area contributed by atoms with Crippen LogP contribution in [0.5, 0.6) is 0 Å². The zero-order chi connectivity index (χ0) is 10.3. The number of benzene rings is 2. The average molecular weight is 187 g/mol. The summed E-state index contributed by atoms with van der Waals surface area (Å²) < 4.78 is 0. The number of aryl methyl sites for hydroxylation is 1. The SMILES string of the molecule is Cc1c(N)cc(N)c2cccc(N)c12. The summed E-state index contributed by atoms with van der Waals surface area (Å²) in [4.78, 5) is 0. The van der Waals surface area contributed by atoms with Crippen molar-refractivity contribution in [3.63, 3.8) is 0 Å². The molecule has 0 bridgehead atoms. The lowest BCUT2D eigenvalue weighted by Crippen LogP contribution is -1.98. The van der Waals surface area contributed by atoms with Crippen LogP contribution in [0.3, 0.4) is 0 Å². The summed E-state index contributed by atoms with van der Waals surface area (Å²) in [5, 5.41) is 1.93. The first-order valence-corrected chi connectivity index (χ1v) is 4.44. The van der Waals surface area contributed by atoms with Gasteiger partial charge in [0.1, 0.15) is 0 Å². The van der Waals surface area contributed by atoms with Gasteiger partial charge in [-0.3, -0.25) is 0 Å². The third kappa shape index (κ3) is 1.06. The number of rotatable bonds is 0. The molecule has 0 heterocycles. The maximum atomic E-state index is 5.88. The number of fused-ring (bicyclic) bond motifs is 1. The smallest absolute Gasteiger partial charge is 0.0415 e. The summed E-state index contributed by atoms with van der Waals surface area (Å²) in [6.07, 6.45) is 0. The highest BCUT2D eigenvalue weighted by Crippen LogP contribution is 2.32. The van der Waals surface area contributed by atoms with Gasteiger partial charge in [-0.25, -0.2) is 0 Å². The van der Waals surface area contributed by atoms with Crippen LogP contribution in [-0.4, -0.2) is 0 Å². The Morgan fingerprint density at radius 2 is 1.64 bits per heavy atom. The van der Waals surface area contributed by atoms with Crippen LogP contribution >= 0.6 is 0 Å². The summed E-state index contributed by atoms with van der Waals surface area (Å²) in [5.74, 6) is 0. The van der Waals surface area contributed by atoms with Gasteiger partial charge in [0, 0.05) is 27.8 Å². The maximum absolute atomic E-state index is 5.88. The van der Waals surface area contributed by atoms with Crippen molar-refractivity contribution >= 4 is 27.8 Å². The van der Waals surface area contributed by atoms with Gasteiger partial charge >= 0.3 is 0 Å². The van der Waals surface area contributed by atoms with Gasteiger partial charge < -0.3 is 17.2 Å². The summed E-state index contributed by atoms with van der Waals surface area (Å²) in [6.45, 7) is 1.95. The van der Waals surface area contributed by atoms with Crippen molar-refractivity contribution in [3.05, 3.63) is 29.8 Å². The van der Waals surface area contributed by atoms with Gasteiger partial charge in [-0.05, 0) is 24.6 Å². The summed E-state index contributed by atoms with van der Waals surface area (Å²) in [5.41, 5.74) is 20.6. The minimum Gasteiger partial charge on any atom is -0.398 e. The molecule has 0 saturated heterocycles. The molecule has 0 spiro atoms. The van der Waals surface area contributed by atoms with E-state index in [1.165, 1.54) is 0 Å². The third-order valence-corrected chi connectivity index (χ3v) is 2.53. The van der Waals surface area contributed by atoms with Crippen LogP contribution in [0.1, 0.15) is 5.56 Å². The number of hydrogen-bond donors (Lipinski definition) is 3. The first kappa shape index (κ1) is 8.69. The van der Waals surface area contributed by atoms with E-state index in [1.807, 2.05) is 25.1 Å². The molecule has 2 aromatic rings. The first-order chi connectivity index (χ1) is 6.61. The van der Waals surface area contributed by atoms with Gasteiger partial charge in [-0.1, -0.05) is 12.1 Å². The number of hydrogen-bond acceptors (Lipinski definition) is 3. The molecule has 72 valence electrons. The van der Waals surface area contributed by atoms with Gasteiger partial charge in [-0.2, -0.15) is 0 Å². The van der Waals surface area contributed by atoms with E-state index < -0.39 is 0 Å². The molecule has 2 rings (SSSR count). The minimum atomic E-state index is 0.676. The van der Waals surface area contributed by atoms with Crippen LogP contribution < -0.4 is 17.2 Å². The quantitative estimate of drug-likeness (QED) is 0.551. The second kappa shape index (κ2) is 2.80. The van der Waals surface area contributed by atoms with Crippen LogP contribution in [-0.2, 0) is 0 Å². The Morgan fingerprint density at radius 1 is 0.929 bits per heavy atom. The normalized spacial score (nSPS) is 10.6. The molecule has 14 heavy (non-hydrogen) atoms. The summed E-state index contributed by atoms with van der Waals surface area (Å²) >= 11 is 0. The molecule has 0 aliphatic rings. The van der Waals surface area contributed by atoms with Crippen molar-refractivity contribution in [2.24, 2.45) is 0 Å². The summed E-state index contributed by atoms with van der Waals surface area (Å²) in [6, 6.07) is 7.47. The highest BCUT2D eigenvalue weighted by Gasteiger charge is 2.06. The third-order valence-electron chi connectivity index (χ3n) is 2.53. The molecule has 0 atom stereocenters. The van der Waals surface area contributed by atoms with Gasteiger partial charge in [0.05, 0.1) is 0 Å². The Hall–Kier alpha value is -1.90. The van der Waals surface area contributed by atoms with E-state index in [2.05, 4.69) is 0 Å². The number of anilines is 3. The molecule has 0 aliphatic carbocycles. The zero-order valence-corrected chi connectivity index (χ0v) is 8.04. The Balaban J connectivity index is 3.03. The van der Waals surface area contributed by atoms with Crippen LogP contribution in [0, 0.1) is 6.92 Å². The largest absolute Gasteiger partial charge is 0.398 e. The predicted molar refractivity (Wildman–Crippen MR) is 61.9 cm³/mol. The predicted octanol–water partition coefficient (Wildman–Crippen LogP) is 1.89. The molecule has 0 aliphatic heterocycles. The van der Waals surface area contributed by atoms with E-state index in [4.69, 9.17) is 17.2 Å². The molecule has 3 heteroatoms. The molecule has 0 saturated carbocycles. The Bertz CT molecular complexity index is 503. The molecule has 0 amide bonds. The summed E-state index contributed by atoms with van der Waals surface area (Å²) in [7, 11) is 0. The van der Waals surface area contributed by atoms with Crippen molar-refractivity contribution in [2.75, 3.05) is 17.2 Å². The van der Waals surface area contributed by atoms with E-state index in [9.17, 15) is 0 Å². The lowest BCUT2D eigenvalue weighted by Gasteiger charge is -2.10. The topological polar surface area (TPSA) is 78.1 Å². The van der Waals surface area contributed by atoms with Gasteiger partial charge in [0.15, 0.2) is 0 Å². The van der Waals surface area contributed by atoms with Crippen molar-refractivity contribution in [1.82, 2.24) is 0 Å². The Labute approximate surface area is 82.5 Å². The van der Waals surface area contributed by atoms with E-state index in [1.54, 1.807) is 6.07 Å². The molecular weight excluding hydrogens is 174 g/mol. The minimum absolute atomic E-state index is 0.676. The lowest BCUT2D eigenvalue weighted by molar-refractivity contribution is 1.52. The number of nitrogens with two attached hydrogens (primary N) is 3. The van der Waals surface area contributed by atoms with Gasteiger partial charge in [0.25, 0.3) is 0 Å². The van der Waals surface area contributed by atoms with Crippen molar-refractivity contribution in [2.45, 2.75) is 6.92 Å². The highest BCUT2D eigenvalue weighted by molar-refractivity contribution is 6.04. The fourth-order valence-corrected chi connectivity index (χ4v) is 1.73. The van der Waals surface area contributed by atoms with Crippen molar-refractivity contribution < 1.29 is 0 Å². The molecule has 0 unspecified atom stereocenters. The lowest BCUT2D eigenvalue weighted by atomic mass is 10.0. The van der Waals surface area contributed by atoms with Gasteiger partial charge in [0.2, 0.25) is 0 Å². The van der Waals surface area contributed by atoms with Crippen LogP contribution in [0.4, 0.5) is 17.1 Å².